The van der Waals surface area contributed by atoms with Gasteiger partial charge in [-0.05, 0) is 24.6 Å². The van der Waals surface area contributed by atoms with Gasteiger partial charge in [-0.2, -0.15) is 0 Å². The van der Waals surface area contributed by atoms with Crippen LogP contribution in [0.4, 0.5) is 5.82 Å². The molecule has 2 heterocycles. The van der Waals surface area contributed by atoms with E-state index >= 15 is 0 Å². The molecule has 4 rings (SSSR count). The summed E-state index contributed by atoms with van der Waals surface area (Å²) in [5.74, 6) is 2.34. The predicted octanol–water partition coefficient (Wildman–Crippen LogP) is 3.02. The first-order valence-electron chi connectivity index (χ1n) is 9.30. The van der Waals surface area contributed by atoms with Gasteiger partial charge in [-0.3, -0.25) is 0 Å². The second kappa shape index (κ2) is 8.22. The Hall–Kier alpha value is -2.86. The minimum Gasteiger partial charge on any atom is -0.493 e. The monoisotopic (exact) mass is 364 g/mol. The maximum atomic E-state index is 6.02. The van der Waals surface area contributed by atoms with Gasteiger partial charge < -0.3 is 19.7 Å². The number of methoxy groups -OCH3 is 1. The molecule has 3 aromatic rings. The summed E-state index contributed by atoms with van der Waals surface area (Å²) >= 11 is 0. The van der Waals surface area contributed by atoms with Crippen LogP contribution in [0.25, 0.3) is 10.9 Å². The average Bonchev–Trinajstić information content (AvgIpc) is 3.01. The standard InChI is InChI=1S/C21H24N4O2/c1-26-19-12-17-18(13-20(19)27-14-16-6-3-2-4-7-16)23-15-24-21(17)25-10-5-8-22-9-11-25/h2-4,6-7,12-13,15,22H,5,8-11,14H2,1H3. The second-order valence-corrected chi connectivity index (χ2v) is 6.58. The highest BCUT2D eigenvalue weighted by Gasteiger charge is 2.17. The Balaban J connectivity index is 1.66. The number of hydrogen-bond acceptors (Lipinski definition) is 6. The van der Waals surface area contributed by atoms with Gasteiger partial charge in [0.25, 0.3) is 0 Å². The van der Waals surface area contributed by atoms with Crippen molar-refractivity contribution in [2.24, 2.45) is 0 Å². The van der Waals surface area contributed by atoms with E-state index < -0.39 is 0 Å². The van der Waals surface area contributed by atoms with Crippen LogP contribution in [-0.4, -0.2) is 43.3 Å². The smallest absolute Gasteiger partial charge is 0.163 e. The zero-order valence-corrected chi connectivity index (χ0v) is 15.5. The molecule has 1 aromatic heterocycles. The molecule has 1 saturated heterocycles. The Morgan fingerprint density at radius 1 is 1.04 bits per heavy atom. The minimum absolute atomic E-state index is 0.485. The molecule has 0 atom stereocenters. The second-order valence-electron chi connectivity index (χ2n) is 6.58. The largest absolute Gasteiger partial charge is 0.493 e. The Bertz CT molecular complexity index is 893. The van der Waals surface area contributed by atoms with E-state index in [2.05, 4.69) is 20.2 Å². The number of rotatable bonds is 5. The van der Waals surface area contributed by atoms with Crippen molar-refractivity contribution in [3.05, 3.63) is 54.4 Å². The summed E-state index contributed by atoms with van der Waals surface area (Å²) in [6.07, 6.45) is 2.73. The lowest BCUT2D eigenvalue weighted by molar-refractivity contribution is 0.285. The van der Waals surface area contributed by atoms with Crippen molar-refractivity contribution in [1.29, 1.82) is 0 Å². The Morgan fingerprint density at radius 2 is 1.93 bits per heavy atom. The van der Waals surface area contributed by atoms with E-state index in [0.717, 1.165) is 54.9 Å². The number of nitrogens with zero attached hydrogens (tertiary/aromatic N) is 3. The molecular formula is C21H24N4O2. The molecule has 0 bridgehead atoms. The molecule has 0 saturated carbocycles. The quantitative estimate of drug-likeness (QED) is 0.751. The highest BCUT2D eigenvalue weighted by molar-refractivity contribution is 5.92. The highest BCUT2D eigenvalue weighted by Crippen LogP contribution is 2.35. The van der Waals surface area contributed by atoms with Gasteiger partial charge in [0.05, 0.1) is 12.6 Å². The van der Waals surface area contributed by atoms with Gasteiger partial charge in [-0.1, -0.05) is 30.3 Å². The maximum absolute atomic E-state index is 6.02. The summed E-state index contributed by atoms with van der Waals surface area (Å²) in [4.78, 5) is 11.3. The Labute approximate surface area is 159 Å². The number of fused-ring (bicyclic) bond motifs is 1. The van der Waals surface area contributed by atoms with E-state index in [-0.39, 0.29) is 0 Å². The zero-order chi connectivity index (χ0) is 18.5. The molecule has 1 fully saturated rings. The first-order valence-corrected chi connectivity index (χ1v) is 9.30. The molecule has 2 aromatic carbocycles. The van der Waals surface area contributed by atoms with Crippen molar-refractivity contribution in [2.75, 3.05) is 38.2 Å². The van der Waals surface area contributed by atoms with Crippen molar-refractivity contribution in [1.82, 2.24) is 15.3 Å². The summed E-state index contributed by atoms with van der Waals surface area (Å²) in [5.41, 5.74) is 1.97. The van der Waals surface area contributed by atoms with Crippen molar-refractivity contribution < 1.29 is 9.47 Å². The molecule has 0 aliphatic carbocycles. The minimum atomic E-state index is 0.485. The van der Waals surface area contributed by atoms with Crippen LogP contribution in [0.2, 0.25) is 0 Å². The summed E-state index contributed by atoms with van der Waals surface area (Å²) in [5, 5.41) is 4.42. The third kappa shape index (κ3) is 3.95. The summed E-state index contributed by atoms with van der Waals surface area (Å²) in [6, 6.07) is 14.0. The van der Waals surface area contributed by atoms with Crippen LogP contribution in [-0.2, 0) is 6.61 Å². The van der Waals surface area contributed by atoms with Crippen LogP contribution in [0.5, 0.6) is 11.5 Å². The molecule has 0 unspecified atom stereocenters. The van der Waals surface area contributed by atoms with Crippen molar-refractivity contribution in [3.63, 3.8) is 0 Å². The van der Waals surface area contributed by atoms with Crippen LogP contribution >= 0.6 is 0 Å². The van der Waals surface area contributed by atoms with E-state index in [1.165, 1.54) is 0 Å². The van der Waals surface area contributed by atoms with Gasteiger partial charge in [0.15, 0.2) is 11.5 Å². The van der Waals surface area contributed by atoms with E-state index in [1.807, 2.05) is 42.5 Å². The van der Waals surface area contributed by atoms with Crippen LogP contribution in [0.1, 0.15) is 12.0 Å². The number of aromatic nitrogens is 2. The van der Waals surface area contributed by atoms with Gasteiger partial charge in [-0.25, -0.2) is 9.97 Å². The third-order valence-electron chi connectivity index (χ3n) is 4.78. The van der Waals surface area contributed by atoms with Crippen LogP contribution in [0, 0.1) is 0 Å². The van der Waals surface area contributed by atoms with Gasteiger partial charge in [0.1, 0.15) is 18.8 Å². The SMILES string of the molecule is COc1cc2c(N3CCCNCC3)ncnc2cc1OCc1ccccc1. The van der Waals surface area contributed by atoms with Gasteiger partial charge in [0, 0.05) is 31.1 Å². The molecule has 27 heavy (non-hydrogen) atoms. The summed E-state index contributed by atoms with van der Waals surface area (Å²) in [7, 11) is 1.66. The molecular weight excluding hydrogens is 340 g/mol. The van der Waals surface area contributed by atoms with Crippen molar-refractivity contribution in [3.8, 4) is 11.5 Å². The molecule has 0 radical (unpaired) electrons. The third-order valence-corrected chi connectivity index (χ3v) is 4.78. The van der Waals surface area contributed by atoms with Crippen molar-refractivity contribution in [2.45, 2.75) is 13.0 Å². The fraction of sp³-hybridized carbons (Fsp3) is 0.333. The number of anilines is 1. The van der Waals surface area contributed by atoms with Gasteiger partial charge >= 0.3 is 0 Å². The van der Waals surface area contributed by atoms with E-state index in [9.17, 15) is 0 Å². The molecule has 0 amide bonds. The lowest BCUT2D eigenvalue weighted by Gasteiger charge is -2.22. The predicted molar refractivity (Wildman–Crippen MR) is 107 cm³/mol. The molecule has 140 valence electrons. The van der Waals surface area contributed by atoms with Gasteiger partial charge in [-0.15, -0.1) is 0 Å². The number of hydrogen-bond donors (Lipinski definition) is 1. The Morgan fingerprint density at radius 3 is 2.78 bits per heavy atom. The van der Waals surface area contributed by atoms with Crippen LogP contribution < -0.4 is 19.7 Å². The average molecular weight is 364 g/mol. The number of nitrogens with one attached hydrogen (secondary N) is 1. The first kappa shape index (κ1) is 17.5. The van der Waals surface area contributed by atoms with Crippen molar-refractivity contribution >= 4 is 16.7 Å². The first-order chi connectivity index (χ1) is 13.3. The van der Waals surface area contributed by atoms with Gasteiger partial charge in [0.2, 0.25) is 0 Å². The van der Waals surface area contributed by atoms with Crippen LogP contribution in [0.15, 0.2) is 48.8 Å². The van der Waals surface area contributed by atoms with Crippen LogP contribution in [0.3, 0.4) is 0 Å². The number of benzene rings is 2. The molecule has 1 aliphatic rings. The highest BCUT2D eigenvalue weighted by atomic mass is 16.5. The lowest BCUT2D eigenvalue weighted by Crippen LogP contribution is -2.28. The summed E-state index contributed by atoms with van der Waals surface area (Å²) < 4.78 is 11.6. The molecule has 1 N–H and O–H groups in total. The lowest BCUT2D eigenvalue weighted by atomic mass is 10.2. The fourth-order valence-electron chi connectivity index (χ4n) is 3.37. The maximum Gasteiger partial charge on any atom is 0.163 e. The zero-order valence-electron chi connectivity index (χ0n) is 15.5. The molecule has 0 spiro atoms. The van der Waals surface area contributed by atoms with E-state index in [0.29, 0.717) is 18.1 Å². The normalized spacial score (nSPS) is 14.8. The molecule has 6 heteroatoms. The topological polar surface area (TPSA) is 59.5 Å². The Kier molecular flexibility index (Phi) is 5.34. The van der Waals surface area contributed by atoms with E-state index in [4.69, 9.17) is 9.47 Å². The molecule has 6 nitrogen and oxygen atoms in total. The van der Waals surface area contributed by atoms with E-state index in [1.54, 1.807) is 13.4 Å². The molecule has 1 aliphatic heterocycles. The fourth-order valence-corrected chi connectivity index (χ4v) is 3.37. The number of ether oxygens (including phenoxy) is 2. The summed E-state index contributed by atoms with van der Waals surface area (Å²) in [6.45, 7) is 4.40.